The summed E-state index contributed by atoms with van der Waals surface area (Å²) in [6, 6.07) is 9.39. The first-order valence-electron chi connectivity index (χ1n) is 5.98. The summed E-state index contributed by atoms with van der Waals surface area (Å²) in [6.07, 6.45) is 1.69. The van der Waals surface area contributed by atoms with Crippen molar-refractivity contribution in [2.24, 2.45) is 5.84 Å². The third-order valence-electron chi connectivity index (χ3n) is 3.12. The van der Waals surface area contributed by atoms with Gasteiger partial charge < -0.3 is 10.5 Å². The van der Waals surface area contributed by atoms with E-state index >= 15 is 0 Å². The smallest absolute Gasteiger partial charge is 0.128 e. The van der Waals surface area contributed by atoms with E-state index in [4.69, 9.17) is 16.3 Å². The molecule has 1 unspecified atom stereocenters. The Morgan fingerprint density at radius 1 is 1.32 bits per heavy atom. The first-order valence-corrected chi connectivity index (χ1v) is 5.98. The average Bonchev–Trinajstić information content (AvgIpc) is 2.43. The highest BCUT2D eigenvalue weighted by molar-refractivity contribution is 5.50. The molecule has 1 aromatic heterocycles. The number of nitrogens with one attached hydrogen (secondary N) is 1. The van der Waals surface area contributed by atoms with Crippen LogP contribution < -0.4 is 21.7 Å². The van der Waals surface area contributed by atoms with Crippen LogP contribution in [0.1, 0.15) is 22.7 Å². The van der Waals surface area contributed by atoms with Gasteiger partial charge in [-0.25, -0.2) is 10.4 Å². The average molecular weight is 258 g/mol. The highest BCUT2D eigenvalue weighted by atomic mass is 16.5. The number of ether oxygens (including phenoxy) is 1. The lowest BCUT2D eigenvalue weighted by Crippen LogP contribution is -2.30. The summed E-state index contributed by atoms with van der Waals surface area (Å²) in [4.78, 5) is 4.13. The minimum absolute atomic E-state index is 0.219. The molecule has 0 aliphatic rings. The van der Waals surface area contributed by atoms with Crippen LogP contribution in [0.2, 0.25) is 0 Å². The Bertz CT molecular complexity index is 551. The van der Waals surface area contributed by atoms with E-state index in [1.807, 2.05) is 37.3 Å². The third-order valence-corrected chi connectivity index (χ3v) is 3.12. The van der Waals surface area contributed by atoms with Crippen molar-refractivity contribution in [3.63, 3.8) is 0 Å². The molecule has 5 heteroatoms. The maximum absolute atomic E-state index is 5.97. The van der Waals surface area contributed by atoms with Gasteiger partial charge in [-0.2, -0.15) is 0 Å². The van der Waals surface area contributed by atoms with Crippen LogP contribution in [0.5, 0.6) is 5.75 Å². The molecule has 0 spiro atoms. The SMILES string of the molecule is COc1cccc(C(NN)c2c(C)ccnc2N)c1. The summed E-state index contributed by atoms with van der Waals surface area (Å²) in [5.41, 5.74) is 11.7. The summed E-state index contributed by atoms with van der Waals surface area (Å²) in [5, 5.41) is 0. The molecule has 0 saturated carbocycles. The first kappa shape index (κ1) is 13.3. The minimum Gasteiger partial charge on any atom is -0.497 e. The molecule has 1 heterocycles. The number of hydrogen-bond acceptors (Lipinski definition) is 5. The molecule has 19 heavy (non-hydrogen) atoms. The molecule has 5 N–H and O–H groups in total. The predicted octanol–water partition coefficient (Wildman–Crippen LogP) is 1.53. The first-order chi connectivity index (χ1) is 9.17. The maximum Gasteiger partial charge on any atom is 0.128 e. The van der Waals surface area contributed by atoms with Gasteiger partial charge in [0, 0.05) is 11.8 Å². The van der Waals surface area contributed by atoms with E-state index in [0.717, 1.165) is 22.4 Å². The van der Waals surface area contributed by atoms with Crippen LogP contribution in [0.3, 0.4) is 0 Å². The number of benzene rings is 1. The van der Waals surface area contributed by atoms with E-state index in [2.05, 4.69) is 10.4 Å². The molecule has 0 fully saturated rings. The van der Waals surface area contributed by atoms with Crippen molar-refractivity contribution in [1.82, 2.24) is 10.4 Å². The van der Waals surface area contributed by atoms with Crippen LogP contribution in [0.4, 0.5) is 5.82 Å². The summed E-state index contributed by atoms with van der Waals surface area (Å²) >= 11 is 0. The van der Waals surface area contributed by atoms with Gasteiger partial charge in [-0.3, -0.25) is 5.84 Å². The van der Waals surface area contributed by atoms with Gasteiger partial charge in [0.2, 0.25) is 0 Å². The largest absolute Gasteiger partial charge is 0.497 e. The van der Waals surface area contributed by atoms with Crippen molar-refractivity contribution in [2.75, 3.05) is 12.8 Å². The molecule has 1 aromatic carbocycles. The number of anilines is 1. The monoisotopic (exact) mass is 258 g/mol. The number of pyridine rings is 1. The molecular formula is C14H18N4O. The molecule has 0 aliphatic heterocycles. The molecule has 2 rings (SSSR count). The zero-order chi connectivity index (χ0) is 13.8. The molecule has 0 aliphatic carbocycles. The van der Waals surface area contributed by atoms with Crippen molar-refractivity contribution >= 4 is 5.82 Å². The Morgan fingerprint density at radius 3 is 2.74 bits per heavy atom. The second kappa shape index (κ2) is 5.69. The third kappa shape index (κ3) is 2.67. The van der Waals surface area contributed by atoms with Gasteiger partial charge >= 0.3 is 0 Å². The van der Waals surface area contributed by atoms with Gasteiger partial charge in [-0.05, 0) is 36.2 Å². The lowest BCUT2D eigenvalue weighted by Gasteiger charge is -2.20. The summed E-state index contributed by atoms with van der Waals surface area (Å²) in [7, 11) is 1.63. The van der Waals surface area contributed by atoms with E-state index in [0.29, 0.717) is 5.82 Å². The number of hydrogen-bond donors (Lipinski definition) is 3. The van der Waals surface area contributed by atoms with E-state index in [9.17, 15) is 0 Å². The Labute approximate surface area is 112 Å². The van der Waals surface area contributed by atoms with Crippen molar-refractivity contribution in [1.29, 1.82) is 0 Å². The number of nitrogen functional groups attached to an aromatic ring is 1. The molecule has 2 aromatic rings. The Kier molecular flexibility index (Phi) is 3.99. The van der Waals surface area contributed by atoms with Gasteiger partial charge in [0.15, 0.2) is 0 Å². The maximum atomic E-state index is 5.97. The van der Waals surface area contributed by atoms with Crippen LogP contribution >= 0.6 is 0 Å². The van der Waals surface area contributed by atoms with Crippen LogP contribution in [0.15, 0.2) is 36.5 Å². The number of methoxy groups -OCH3 is 1. The van der Waals surface area contributed by atoms with E-state index < -0.39 is 0 Å². The molecule has 0 saturated heterocycles. The van der Waals surface area contributed by atoms with Gasteiger partial charge in [0.25, 0.3) is 0 Å². The summed E-state index contributed by atoms with van der Waals surface area (Å²) < 4.78 is 5.23. The topological polar surface area (TPSA) is 86.2 Å². The minimum atomic E-state index is -0.219. The van der Waals surface area contributed by atoms with Crippen molar-refractivity contribution in [3.05, 3.63) is 53.2 Å². The van der Waals surface area contributed by atoms with E-state index in [1.165, 1.54) is 0 Å². The van der Waals surface area contributed by atoms with Gasteiger partial charge in [-0.15, -0.1) is 0 Å². The zero-order valence-corrected chi connectivity index (χ0v) is 11.1. The van der Waals surface area contributed by atoms with E-state index in [-0.39, 0.29) is 6.04 Å². The second-order valence-corrected chi connectivity index (χ2v) is 4.30. The van der Waals surface area contributed by atoms with Gasteiger partial charge in [0.1, 0.15) is 11.6 Å². The van der Waals surface area contributed by atoms with Crippen molar-refractivity contribution < 1.29 is 4.74 Å². The summed E-state index contributed by atoms with van der Waals surface area (Å²) in [5.74, 6) is 6.95. The van der Waals surface area contributed by atoms with Gasteiger partial charge in [0.05, 0.1) is 13.2 Å². The Hall–Kier alpha value is -2.11. The van der Waals surface area contributed by atoms with E-state index in [1.54, 1.807) is 13.3 Å². The lowest BCUT2D eigenvalue weighted by atomic mass is 9.96. The number of hydrazine groups is 1. The quantitative estimate of drug-likeness (QED) is 0.572. The fourth-order valence-electron chi connectivity index (χ4n) is 2.13. The second-order valence-electron chi connectivity index (χ2n) is 4.30. The van der Waals surface area contributed by atoms with Crippen molar-refractivity contribution in [3.8, 4) is 5.75 Å². The van der Waals surface area contributed by atoms with Crippen molar-refractivity contribution in [2.45, 2.75) is 13.0 Å². The van der Waals surface area contributed by atoms with Crippen LogP contribution in [-0.2, 0) is 0 Å². The van der Waals surface area contributed by atoms with Gasteiger partial charge in [-0.1, -0.05) is 12.1 Å². The molecule has 0 bridgehead atoms. The molecule has 1 atom stereocenters. The standard InChI is InChI=1S/C14H18N4O/c1-9-6-7-17-14(15)12(9)13(18-16)10-4-3-5-11(8-10)19-2/h3-8,13,18H,16H2,1-2H3,(H2,15,17). The Balaban J connectivity index is 2.50. The van der Waals surface area contributed by atoms with Crippen LogP contribution in [0, 0.1) is 6.92 Å². The number of nitrogens with zero attached hydrogens (tertiary/aromatic N) is 1. The summed E-state index contributed by atoms with van der Waals surface area (Å²) in [6.45, 7) is 1.98. The fourth-order valence-corrected chi connectivity index (χ4v) is 2.13. The number of nitrogens with two attached hydrogens (primary N) is 2. The number of aromatic nitrogens is 1. The molecule has 0 radical (unpaired) electrons. The fraction of sp³-hybridized carbons (Fsp3) is 0.214. The molecular weight excluding hydrogens is 240 g/mol. The van der Waals surface area contributed by atoms with Crippen LogP contribution in [0.25, 0.3) is 0 Å². The lowest BCUT2D eigenvalue weighted by molar-refractivity contribution is 0.413. The predicted molar refractivity (Wildman–Crippen MR) is 75.5 cm³/mol. The highest BCUT2D eigenvalue weighted by Crippen LogP contribution is 2.29. The molecule has 100 valence electrons. The normalized spacial score (nSPS) is 12.2. The molecule has 0 amide bonds. The zero-order valence-electron chi connectivity index (χ0n) is 11.1. The Morgan fingerprint density at radius 2 is 2.11 bits per heavy atom. The number of rotatable bonds is 4. The van der Waals surface area contributed by atoms with Crippen LogP contribution in [-0.4, -0.2) is 12.1 Å². The number of aryl methyl sites for hydroxylation is 1. The molecule has 5 nitrogen and oxygen atoms in total. The highest BCUT2D eigenvalue weighted by Gasteiger charge is 2.18.